The fourth-order valence-corrected chi connectivity index (χ4v) is 2.63. The topological polar surface area (TPSA) is 58.4 Å². The van der Waals surface area contributed by atoms with Crippen LogP contribution < -0.4 is 0 Å². The molecule has 0 spiro atoms. The van der Waals surface area contributed by atoms with Gasteiger partial charge in [0.05, 0.1) is 18.6 Å². The molecule has 1 amide bonds. The van der Waals surface area contributed by atoms with E-state index in [9.17, 15) is 22.4 Å². The van der Waals surface area contributed by atoms with Crippen LogP contribution >= 0.6 is 0 Å². The number of alkyl halides is 3. The number of aliphatic hydroxyl groups is 1. The molecule has 1 aromatic carbocycles. The summed E-state index contributed by atoms with van der Waals surface area (Å²) in [6, 6.07) is 5.70. The van der Waals surface area contributed by atoms with Crippen LogP contribution in [0.25, 0.3) is 5.69 Å². The third-order valence-electron chi connectivity index (χ3n) is 3.87. The number of halogens is 4. The third-order valence-corrected chi connectivity index (χ3v) is 3.87. The summed E-state index contributed by atoms with van der Waals surface area (Å²) in [7, 11) is 0. The molecule has 0 fully saturated rings. The Kier molecular flexibility index (Phi) is 4.04. The minimum absolute atomic E-state index is 0.0336. The van der Waals surface area contributed by atoms with Gasteiger partial charge in [-0.05, 0) is 24.3 Å². The maximum Gasteiger partial charge on any atom is 0.423 e. The lowest BCUT2D eigenvalue weighted by molar-refractivity contribution is -0.211. The Bertz CT molecular complexity index is 755. The number of aliphatic hydroxyl groups excluding tert-OH is 1. The van der Waals surface area contributed by atoms with E-state index < -0.39 is 18.2 Å². The predicted molar refractivity (Wildman–Crippen MR) is 74.7 cm³/mol. The van der Waals surface area contributed by atoms with Gasteiger partial charge in [-0.1, -0.05) is 0 Å². The highest BCUT2D eigenvalue weighted by molar-refractivity contribution is 5.81. The smallest absolute Gasteiger partial charge is 0.376 e. The standard InChI is InChI=1S/C15H13F4N3O2/c16-9-1-3-10(4-2-9)22-8-20-11-7-21(6-5-12(11)22)14(24)13(23)15(17,18)19/h1-4,8,13,23H,5-7H2. The van der Waals surface area contributed by atoms with Gasteiger partial charge in [-0.3, -0.25) is 4.79 Å². The number of fused-ring (bicyclic) bond motifs is 1. The van der Waals surface area contributed by atoms with Gasteiger partial charge >= 0.3 is 6.18 Å². The lowest BCUT2D eigenvalue weighted by atomic mass is 10.1. The number of hydrogen-bond acceptors (Lipinski definition) is 3. The van der Waals surface area contributed by atoms with Crippen LogP contribution in [0.5, 0.6) is 0 Å². The molecule has 2 heterocycles. The molecule has 1 atom stereocenters. The lowest BCUT2D eigenvalue weighted by Crippen LogP contribution is -2.48. The van der Waals surface area contributed by atoms with Crippen LogP contribution in [0.2, 0.25) is 0 Å². The average molecular weight is 343 g/mol. The van der Waals surface area contributed by atoms with E-state index in [1.165, 1.54) is 18.5 Å². The fraction of sp³-hybridized carbons (Fsp3) is 0.333. The maximum atomic E-state index is 13.0. The van der Waals surface area contributed by atoms with Crippen LogP contribution in [-0.4, -0.2) is 44.3 Å². The molecule has 0 aliphatic carbocycles. The molecule has 24 heavy (non-hydrogen) atoms. The van der Waals surface area contributed by atoms with Crippen LogP contribution in [0.1, 0.15) is 11.4 Å². The van der Waals surface area contributed by atoms with Crippen LogP contribution in [-0.2, 0) is 17.8 Å². The van der Waals surface area contributed by atoms with E-state index >= 15 is 0 Å². The molecule has 1 aliphatic rings. The van der Waals surface area contributed by atoms with Crippen molar-refractivity contribution in [2.75, 3.05) is 6.54 Å². The molecule has 0 saturated heterocycles. The number of amides is 1. The largest absolute Gasteiger partial charge is 0.423 e. The molecule has 0 bridgehead atoms. The Morgan fingerprint density at radius 1 is 1.25 bits per heavy atom. The Balaban J connectivity index is 1.81. The van der Waals surface area contributed by atoms with Crippen molar-refractivity contribution in [2.45, 2.75) is 25.2 Å². The summed E-state index contributed by atoms with van der Waals surface area (Å²) in [5.74, 6) is -1.77. The molecule has 0 saturated carbocycles. The van der Waals surface area contributed by atoms with Crippen molar-refractivity contribution in [2.24, 2.45) is 0 Å². The zero-order chi connectivity index (χ0) is 17.5. The molecular weight excluding hydrogens is 330 g/mol. The Hall–Kier alpha value is -2.42. The summed E-state index contributed by atoms with van der Waals surface area (Å²) in [5.41, 5.74) is 1.86. The summed E-state index contributed by atoms with van der Waals surface area (Å²) < 4.78 is 52.1. The first-order chi connectivity index (χ1) is 11.3. The summed E-state index contributed by atoms with van der Waals surface area (Å²) >= 11 is 0. The highest BCUT2D eigenvalue weighted by Crippen LogP contribution is 2.26. The predicted octanol–water partition coefficient (Wildman–Crippen LogP) is 1.82. The van der Waals surface area contributed by atoms with Crippen molar-refractivity contribution in [3.63, 3.8) is 0 Å². The van der Waals surface area contributed by atoms with E-state index in [0.717, 1.165) is 10.6 Å². The van der Waals surface area contributed by atoms with Gasteiger partial charge < -0.3 is 14.6 Å². The molecule has 0 radical (unpaired) electrons. The van der Waals surface area contributed by atoms with E-state index in [0.29, 0.717) is 11.4 Å². The molecule has 3 rings (SSSR count). The molecule has 9 heteroatoms. The molecule has 1 aromatic heterocycles. The fourth-order valence-electron chi connectivity index (χ4n) is 2.63. The molecule has 1 N–H and O–H groups in total. The maximum absolute atomic E-state index is 13.0. The second-order valence-corrected chi connectivity index (χ2v) is 5.44. The van der Waals surface area contributed by atoms with Crippen molar-refractivity contribution in [3.05, 3.63) is 47.8 Å². The Labute approximate surface area is 134 Å². The number of carbonyl (C=O) groups excluding carboxylic acids is 1. The van der Waals surface area contributed by atoms with Crippen LogP contribution in [0.15, 0.2) is 30.6 Å². The Morgan fingerprint density at radius 3 is 2.54 bits per heavy atom. The first-order valence-electron chi connectivity index (χ1n) is 7.12. The van der Waals surface area contributed by atoms with Crippen molar-refractivity contribution in [1.82, 2.24) is 14.5 Å². The molecular formula is C15H13F4N3O2. The zero-order valence-corrected chi connectivity index (χ0v) is 12.3. The highest BCUT2D eigenvalue weighted by atomic mass is 19.4. The monoisotopic (exact) mass is 343 g/mol. The van der Waals surface area contributed by atoms with E-state index in [1.54, 1.807) is 16.7 Å². The van der Waals surface area contributed by atoms with Crippen molar-refractivity contribution in [3.8, 4) is 5.69 Å². The SMILES string of the molecule is O=C(C(O)C(F)(F)F)N1CCc2c(ncn2-c2ccc(F)cc2)C1. The van der Waals surface area contributed by atoms with Gasteiger partial charge in [0.25, 0.3) is 5.91 Å². The molecule has 2 aromatic rings. The van der Waals surface area contributed by atoms with Gasteiger partial charge in [-0.2, -0.15) is 13.2 Å². The first kappa shape index (κ1) is 16.4. The summed E-state index contributed by atoms with van der Waals surface area (Å²) in [6.45, 7) is -0.0820. The zero-order valence-electron chi connectivity index (χ0n) is 12.3. The van der Waals surface area contributed by atoms with Crippen LogP contribution in [0, 0.1) is 5.82 Å². The third kappa shape index (κ3) is 2.99. The van der Waals surface area contributed by atoms with Gasteiger partial charge in [0.1, 0.15) is 5.82 Å². The summed E-state index contributed by atoms with van der Waals surface area (Å²) in [5, 5.41) is 9.09. The van der Waals surface area contributed by atoms with E-state index in [1.807, 2.05) is 0 Å². The number of carbonyl (C=O) groups is 1. The quantitative estimate of drug-likeness (QED) is 0.847. The molecule has 128 valence electrons. The van der Waals surface area contributed by atoms with E-state index in [2.05, 4.69) is 4.98 Å². The first-order valence-corrected chi connectivity index (χ1v) is 7.12. The number of hydrogen-bond donors (Lipinski definition) is 1. The van der Waals surface area contributed by atoms with Crippen LogP contribution in [0.4, 0.5) is 17.6 Å². The van der Waals surface area contributed by atoms with Gasteiger partial charge in [0.15, 0.2) is 0 Å². The number of imidazole rings is 1. The summed E-state index contributed by atoms with van der Waals surface area (Å²) in [6.07, 6.45) is -6.27. The number of benzene rings is 1. The van der Waals surface area contributed by atoms with Gasteiger partial charge in [0, 0.05) is 24.3 Å². The lowest BCUT2D eigenvalue weighted by Gasteiger charge is -2.29. The highest BCUT2D eigenvalue weighted by Gasteiger charge is 2.46. The molecule has 5 nitrogen and oxygen atoms in total. The van der Waals surface area contributed by atoms with Crippen molar-refractivity contribution < 1.29 is 27.5 Å². The van der Waals surface area contributed by atoms with Crippen LogP contribution in [0.3, 0.4) is 0 Å². The number of nitrogens with zero attached hydrogens (tertiary/aromatic N) is 3. The van der Waals surface area contributed by atoms with Crippen molar-refractivity contribution >= 4 is 5.91 Å². The minimum Gasteiger partial charge on any atom is -0.376 e. The average Bonchev–Trinajstić information content (AvgIpc) is 2.96. The minimum atomic E-state index is -5.00. The molecule has 1 unspecified atom stereocenters. The van der Waals surface area contributed by atoms with Crippen molar-refractivity contribution in [1.29, 1.82) is 0 Å². The normalized spacial score (nSPS) is 16.0. The van der Waals surface area contributed by atoms with E-state index in [4.69, 9.17) is 5.11 Å². The number of rotatable bonds is 2. The number of aromatic nitrogens is 2. The Morgan fingerprint density at radius 2 is 1.92 bits per heavy atom. The van der Waals surface area contributed by atoms with E-state index in [-0.39, 0.29) is 25.3 Å². The second kappa shape index (κ2) is 5.90. The second-order valence-electron chi connectivity index (χ2n) is 5.44. The van der Waals surface area contributed by atoms with Gasteiger partial charge in [0.2, 0.25) is 6.10 Å². The van der Waals surface area contributed by atoms with Gasteiger partial charge in [-0.25, -0.2) is 9.37 Å². The molecule has 1 aliphatic heterocycles. The summed E-state index contributed by atoms with van der Waals surface area (Å²) in [4.78, 5) is 16.8. The van der Waals surface area contributed by atoms with Gasteiger partial charge in [-0.15, -0.1) is 0 Å².